The second-order valence-electron chi connectivity index (χ2n) is 4.63. The molecular weight excluding hydrogens is 374 g/mol. The smallest absolute Gasteiger partial charge is 0.236 e. The Bertz CT molecular complexity index is 448. The quantitative estimate of drug-likeness (QED) is 0.859. The first-order chi connectivity index (χ1) is 9.16. The number of aromatic nitrogens is 1. The molecule has 0 unspecified atom stereocenters. The van der Waals surface area contributed by atoms with Gasteiger partial charge in [0.25, 0.3) is 0 Å². The molecule has 1 fully saturated rings. The van der Waals surface area contributed by atoms with E-state index in [1.54, 1.807) is 6.20 Å². The van der Waals surface area contributed by atoms with E-state index in [1.807, 2.05) is 11.0 Å². The number of piperidine rings is 1. The Labute approximate surface area is 130 Å². The van der Waals surface area contributed by atoms with Gasteiger partial charge in [-0.3, -0.25) is 9.78 Å². The fraction of sp³-hybridized carbons (Fsp3) is 0.538. The van der Waals surface area contributed by atoms with Gasteiger partial charge in [0.2, 0.25) is 5.91 Å². The van der Waals surface area contributed by atoms with E-state index in [0.717, 1.165) is 40.6 Å². The number of likely N-dealkylation sites (tertiary alicyclic amines) is 1. The third-order valence-corrected chi connectivity index (χ3v) is 4.28. The van der Waals surface area contributed by atoms with E-state index in [-0.39, 0.29) is 5.91 Å². The summed E-state index contributed by atoms with van der Waals surface area (Å²) >= 11 is 6.83. The number of hydrogen-bond acceptors (Lipinski definition) is 3. The van der Waals surface area contributed by atoms with Crippen molar-refractivity contribution < 1.29 is 4.79 Å². The molecule has 1 aromatic rings. The minimum atomic E-state index is 0.188. The molecule has 0 aliphatic carbocycles. The van der Waals surface area contributed by atoms with Crippen LogP contribution in [0, 0.1) is 0 Å². The van der Waals surface area contributed by atoms with Crippen molar-refractivity contribution in [2.45, 2.75) is 25.8 Å². The number of nitrogens with one attached hydrogen (secondary N) is 1. The molecular formula is C13H17Br2N3O. The topological polar surface area (TPSA) is 45.2 Å². The minimum Gasteiger partial charge on any atom is -0.342 e. The molecule has 1 aliphatic rings. The second kappa shape index (κ2) is 7.36. The molecule has 6 heteroatoms. The fourth-order valence-electron chi connectivity index (χ4n) is 2.12. The van der Waals surface area contributed by atoms with Gasteiger partial charge in [0.05, 0.1) is 12.2 Å². The number of pyridine rings is 1. The zero-order valence-corrected chi connectivity index (χ0v) is 13.8. The lowest BCUT2D eigenvalue weighted by atomic mass is 10.1. The van der Waals surface area contributed by atoms with Crippen molar-refractivity contribution in [1.82, 2.24) is 15.2 Å². The molecule has 1 amide bonds. The van der Waals surface area contributed by atoms with Crippen molar-refractivity contribution in [2.75, 3.05) is 19.6 Å². The van der Waals surface area contributed by atoms with Gasteiger partial charge in [-0.25, -0.2) is 0 Å². The largest absolute Gasteiger partial charge is 0.342 e. The molecule has 2 heterocycles. The monoisotopic (exact) mass is 389 g/mol. The molecule has 0 radical (unpaired) electrons. The Kier molecular flexibility index (Phi) is 5.78. The van der Waals surface area contributed by atoms with Crippen LogP contribution >= 0.6 is 31.9 Å². The molecule has 0 bridgehead atoms. The molecule has 0 spiro atoms. The first-order valence-electron chi connectivity index (χ1n) is 6.45. The maximum atomic E-state index is 12.0. The molecule has 0 atom stereocenters. The predicted octanol–water partition coefficient (Wildman–Crippen LogP) is 2.71. The number of nitrogens with zero attached hydrogens (tertiary/aromatic N) is 2. The first kappa shape index (κ1) is 14.9. The average Bonchev–Trinajstić information content (AvgIpc) is 2.42. The molecule has 2 rings (SSSR count). The lowest BCUT2D eigenvalue weighted by Gasteiger charge is -2.26. The van der Waals surface area contributed by atoms with Crippen LogP contribution in [0.15, 0.2) is 21.2 Å². The van der Waals surface area contributed by atoms with E-state index in [1.165, 1.54) is 6.42 Å². The van der Waals surface area contributed by atoms with Crippen molar-refractivity contribution in [1.29, 1.82) is 0 Å². The third-order valence-electron chi connectivity index (χ3n) is 3.16. The van der Waals surface area contributed by atoms with E-state index in [9.17, 15) is 4.79 Å². The highest BCUT2D eigenvalue weighted by Crippen LogP contribution is 2.19. The zero-order valence-electron chi connectivity index (χ0n) is 10.7. The van der Waals surface area contributed by atoms with Gasteiger partial charge in [-0.2, -0.15) is 0 Å². The lowest BCUT2D eigenvalue weighted by Crippen LogP contribution is -2.41. The molecule has 0 saturated carbocycles. The lowest BCUT2D eigenvalue weighted by molar-refractivity contribution is -0.131. The zero-order chi connectivity index (χ0) is 13.7. The van der Waals surface area contributed by atoms with Crippen LogP contribution in [0.3, 0.4) is 0 Å². The number of hydrogen-bond donors (Lipinski definition) is 1. The number of carbonyl (C=O) groups excluding carboxylic acids is 1. The summed E-state index contributed by atoms with van der Waals surface area (Å²) in [6.45, 7) is 2.78. The van der Waals surface area contributed by atoms with Crippen molar-refractivity contribution in [3.8, 4) is 0 Å². The van der Waals surface area contributed by atoms with E-state index < -0.39 is 0 Å². The molecule has 104 valence electrons. The minimum absolute atomic E-state index is 0.188. The maximum Gasteiger partial charge on any atom is 0.236 e. The van der Waals surface area contributed by atoms with Crippen molar-refractivity contribution in [2.24, 2.45) is 0 Å². The Morgan fingerprint density at radius 2 is 2.05 bits per heavy atom. The molecule has 19 heavy (non-hydrogen) atoms. The van der Waals surface area contributed by atoms with Crippen molar-refractivity contribution >= 4 is 37.8 Å². The van der Waals surface area contributed by atoms with Crippen molar-refractivity contribution in [3.05, 3.63) is 26.9 Å². The number of amides is 1. The van der Waals surface area contributed by atoms with E-state index >= 15 is 0 Å². The van der Waals surface area contributed by atoms with Crippen LogP contribution in [0.2, 0.25) is 0 Å². The van der Waals surface area contributed by atoms with Crippen LogP contribution in [-0.2, 0) is 11.3 Å². The standard InChI is InChI=1S/C13H17Br2N3O/c14-10-6-11(15)12(17-7-10)8-16-9-13(19)18-4-2-1-3-5-18/h6-7,16H,1-5,8-9H2. The molecule has 4 nitrogen and oxygen atoms in total. The maximum absolute atomic E-state index is 12.0. The van der Waals surface area contributed by atoms with Gasteiger partial charge in [-0.1, -0.05) is 0 Å². The normalized spacial score (nSPS) is 15.6. The summed E-state index contributed by atoms with van der Waals surface area (Å²) in [7, 11) is 0. The summed E-state index contributed by atoms with van der Waals surface area (Å²) in [6.07, 6.45) is 5.26. The van der Waals surface area contributed by atoms with E-state index in [2.05, 4.69) is 42.2 Å². The molecule has 1 aliphatic heterocycles. The number of rotatable bonds is 4. The summed E-state index contributed by atoms with van der Waals surface area (Å²) in [5.41, 5.74) is 0.912. The van der Waals surface area contributed by atoms with Crippen LogP contribution in [0.4, 0.5) is 0 Å². The van der Waals surface area contributed by atoms with Gasteiger partial charge in [0, 0.05) is 34.8 Å². The third kappa shape index (κ3) is 4.54. The van der Waals surface area contributed by atoms with Crippen molar-refractivity contribution in [3.63, 3.8) is 0 Å². The summed E-state index contributed by atoms with van der Waals surface area (Å²) in [4.78, 5) is 18.2. The Balaban J connectivity index is 1.78. The number of halogens is 2. The highest BCUT2D eigenvalue weighted by molar-refractivity contribution is 9.11. The van der Waals surface area contributed by atoms with Gasteiger partial charge in [0.1, 0.15) is 0 Å². The van der Waals surface area contributed by atoms with Gasteiger partial charge in [0.15, 0.2) is 0 Å². The average molecular weight is 391 g/mol. The van der Waals surface area contributed by atoms with E-state index in [4.69, 9.17) is 0 Å². The van der Waals surface area contributed by atoms with Gasteiger partial charge in [-0.15, -0.1) is 0 Å². The van der Waals surface area contributed by atoms with E-state index in [0.29, 0.717) is 13.1 Å². The molecule has 1 aromatic heterocycles. The van der Waals surface area contributed by atoms with Gasteiger partial charge >= 0.3 is 0 Å². The second-order valence-corrected chi connectivity index (χ2v) is 6.40. The first-order valence-corrected chi connectivity index (χ1v) is 8.04. The van der Waals surface area contributed by atoms with Crippen LogP contribution in [0.25, 0.3) is 0 Å². The SMILES string of the molecule is O=C(CNCc1ncc(Br)cc1Br)N1CCCCC1. The number of carbonyl (C=O) groups is 1. The summed E-state index contributed by atoms with van der Waals surface area (Å²) < 4.78 is 1.88. The van der Waals surface area contributed by atoms with Crippen LogP contribution in [-0.4, -0.2) is 35.4 Å². The molecule has 1 saturated heterocycles. The van der Waals surface area contributed by atoms with Gasteiger partial charge < -0.3 is 10.2 Å². The van der Waals surface area contributed by atoms with Crippen LogP contribution < -0.4 is 5.32 Å². The summed E-state index contributed by atoms with van der Waals surface area (Å²) in [5.74, 6) is 0.188. The predicted molar refractivity (Wildman–Crippen MR) is 81.8 cm³/mol. The molecule has 1 N–H and O–H groups in total. The van der Waals surface area contributed by atoms with Gasteiger partial charge in [-0.05, 0) is 57.2 Å². The Morgan fingerprint density at radius 1 is 1.32 bits per heavy atom. The molecule has 0 aromatic carbocycles. The Hall–Kier alpha value is -0.460. The summed E-state index contributed by atoms with van der Waals surface area (Å²) in [5, 5.41) is 3.16. The van der Waals surface area contributed by atoms with Crippen LogP contribution in [0.1, 0.15) is 25.0 Å². The Morgan fingerprint density at radius 3 is 2.74 bits per heavy atom. The fourth-order valence-corrected chi connectivity index (χ4v) is 3.24. The van der Waals surface area contributed by atoms with Crippen LogP contribution in [0.5, 0.6) is 0 Å². The highest BCUT2D eigenvalue weighted by Gasteiger charge is 2.15. The highest BCUT2D eigenvalue weighted by atomic mass is 79.9. The summed E-state index contributed by atoms with van der Waals surface area (Å²) in [6, 6.07) is 1.95.